The van der Waals surface area contributed by atoms with Crippen molar-refractivity contribution in [2.75, 3.05) is 26.2 Å². The van der Waals surface area contributed by atoms with Crippen molar-refractivity contribution in [1.82, 2.24) is 29.1 Å². The average Bonchev–Trinajstić information content (AvgIpc) is 2.86. The summed E-state index contributed by atoms with van der Waals surface area (Å²) >= 11 is 0. The van der Waals surface area contributed by atoms with Gasteiger partial charge in [0.15, 0.2) is 0 Å². The predicted octanol–water partition coefficient (Wildman–Crippen LogP) is -0.967. The third kappa shape index (κ3) is 3.90. The molecule has 28 heavy (non-hydrogen) atoms. The number of aryl methyl sites for hydroxylation is 2. The van der Waals surface area contributed by atoms with Gasteiger partial charge in [-0.25, -0.2) is 4.79 Å². The van der Waals surface area contributed by atoms with Gasteiger partial charge in [-0.05, 0) is 19.4 Å². The molecule has 1 N–H and O–H groups in total. The van der Waals surface area contributed by atoms with E-state index in [-0.39, 0.29) is 23.8 Å². The summed E-state index contributed by atoms with van der Waals surface area (Å²) in [6.45, 7) is 3.70. The molecule has 0 saturated carbocycles. The zero-order valence-corrected chi connectivity index (χ0v) is 16.3. The maximum absolute atomic E-state index is 12.8. The van der Waals surface area contributed by atoms with Crippen LogP contribution in [0.4, 0.5) is 0 Å². The highest BCUT2D eigenvalue weighted by atomic mass is 16.2. The molecular weight excluding hydrogens is 364 g/mol. The molecule has 1 aliphatic heterocycles. The van der Waals surface area contributed by atoms with Crippen LogP contribution in [0.5, 0.6) is 0 Å². The molecule has 1 fully saturated rings. The van der Waals surface area contributed by atoms with Crippen molar-refractivity contribution >= 4 is 11.8 Å². The molecule has 3 heterocycles. The number of nitrogens with zero attached hydrogens (tertiary/aromatic N) is 5. The molecule has 0 spiro atoms. The lowest BCUT2D eigenvalue weighted by molar-refractivity contribution is -0.130. The average molecular weight is 388 g/mol. The Kier molecular flexibility index (Phi) is 5.48. The second kappa shape index (κ2) is 7.83. The molecule has 1 aliphatic rings. The molecule has 150 valence electrons. The third-order valence-corrected chi connectivity index (χ3v) is 4.95. The first kappa shape index (κ1) is 19.6. The van der Waals surface area contributed by atoms with Gasteiger partial charge in [0.2, 0.25) is 5.91 Å². The summed E-state index contributed by atoms with van der Waals surface area (Å²) in [6.07, 6.45) is 1.86. The molecule has 0 atom stereocenters. The summed E-state index contributed by atoms with van der Waals surface area (Å²) in [7, 11) is 3.10. The molecule has 0 bridgehead atoms. The molecular formula is C18H24N6O4. The van der Waals surface area contributed by atoms with Gasteiger partial charge in [0, 0.05) is 52.0 Å². The van der Waals surface area contributed by atoms with Crippen molar-refractivity contribution < 1.29 is 9.59 Å². The van der Waals surface area contributed by atoms with Crippen LogP contribution in [0.15, 0.2) is 21.9 Å². The molecule has 10 heteroatoms. The maximum Gasteiger partial charge on any atom is 0.328 e. The summed E-state index contributed by atoms with van der Waals surface area (Å²) in [6, 6.07) is 1.75. The van der Waals surface area contributed by atoms with Crippen LogP contribution in [0, 0.1) is 6.92 Å². The van der Waals surface area contributed by atoms with Crippen LogP contribution < -0.4 is 11.2 Å². The largest absolute Gasteiger partial charge is 0.341 e. The van der Waals surface area contributed by atoms with Gasteiger partial charge in [-0.15, -0.1) is 0 Å². The summed E-state index contributed by atoms with van der Waals surface area (Å²) < 4.78 is 2.51. The minimum absolute atomic E-state index is 0.0850. The lowest BCUT2D eigenvalue weighted by atomic mass is 10.2. The highest BCUT2D eigenvalue weighted by Gasteiger charge is 2.25. The number of nitrogens with one attached hydrogen (secondary N) is 1. The number of H-pyrrole nitrogens is 1. The van der Waals surface area contributed by atoms with E-state index in [1.54, 1.807) is 27.6 Å². The zero-order valence-electron chi connectivity index (χ0n) is 16.3. The molecule has 2 amide bonds. The van der Waals surface area contributed by atoms with E-state index in [2.05, 4.69) is 10.1 Å². The fourth-order valence-corrected chi connectivity index (χ4v) is 3.36. The normalized spacial score (nSPS) is 14.8. The quantitative estimate of drug-likeness (QED) is 0.727. The minimum atomic E-state index is -0.518. The van der Waals surface area contributed by atoms with E-state index in [0.29, 0.717) is 38.3 Å². The molecule has 2 aromatic rings. The second-order valence-electron chi connectivity index (χ2n) is 6.98. The van der Waals surface area contributed by atoms with Gasteiger partial charge >= 0.3 is 5.69 Å². The van der Waals surface area contributed by atoms with E-state index < -0.39 is 11.2 Å². The monoisotopic (exact) mass is 388 g/mol. The number of hydrogen-bond acceptors (Lipinski definition) is 5. The SMILES string of the molecule is Cc1cc(C(=O)N2CCCN(C(=O)Cc3c[nH]c(=O)n(C)c3=O)CC2)n(C)n1. The van der Waals surface area contributed by atoms with E-state index in [1.165, 1.54) is 13.2 Å². The summed E-state index contributed by atoms with van der Waals surface area (Å²) in [5.74, 6) is -0.304. The molecule has 0 radical (unpaired) electrons. The van der Waals surface area contributed by atoms with Crippen LogP contribution in [0.1, 0.15) is 28.2 Å². The number of rotatable bonds is 3. The number of carbonyl (C=O) groups is 2. The van der Waals surface area contributed by atoms with Gasteiger partial charge in [0.1, 0.15) is 5.69 Å². The Hall–Kier alpha value is -3.17. The van der Waals surface area contributed by atoms with Gasteiger partial charge in [0.25, 0.3) is 11.5 Å². The molecule has 2 aromatic heterocycles. The van der Waals surface area contributed by atoms with Crippen molar-refractivity contribution in [1.29, 1.82) is 0 Å². The Morgan fingerprint density at radius 2 is 1.79 bits per heavy atom. The minimum Gasteiger partial charge on any atom is -0.341 e. The summed E-state index contributed by atoms with van der Waals surface area (Å²) in [5, 5.41) is 4.21. The van der Waals surface area contributed by atoms with Crippen LogP contribution in [-0.4, -0.2) is 67.1 Å². The van der Waals surface area contributed by atoms with Gasteiger partial charge < -0.3 is 14.8 Å². The lowest BCUT2D eigenvalue weighted by Crippen LogP contribution is -2.40. The van der Waals surface area contributed by atoms with Crippen LogP contribution in [0.2, 0.25) is 0 Å². The van der Waals surface area contributed by atoms with E-state index in [4.69, 9.17) is 0 Å². The molecule has 0 aliphatic carbocycles. The third-order valence-electron chi connectivity index (χ3n) is 4.95. The zero-order chi connectivity index (χ0) is 20.4. The van der Waals surface area contributed by atoms with E-state index >= 15 is 0 Å². The second-order valence-corrected chi connectivity index (χ2v) is 6.98. The number of aromatic amines is 1. The summed E-state index contributed by atoms with van der Waals surface area (Å²) in [4.78, 5) is 54.8. The molecule has 0 unspecified atom stereocenters. The van der Waals surface area contributed by atoms with Gasteiger partial charge in [-0.2, -0.15) is 5.10 Å². The highest BCUT2D eigenvalue weighted by molar-refractivity contribution is 5.92. The topological polar surface area (TPSA) is 113 Å². The van der Waals surface area contributed by atoms with Gasteiger partial charge in [-0.1, -0.05) is 0 Å². The smallest absolute Gasteiger partial charge is 0.328 e. The Balaban J connectivity index is 1.66. The first-order chi connectivity index (χ1) is 13.3. The Morgan fingerprint density at radius 3 is 2.46 bits per heavy atom. The standard InChI is InChI=1S/C18H24N6O4/c1-12-9-14(22(3)20-12)17(27)24-6-4-5-23(7-8-24)15(25)10-13-11-19-18(28)21(2)16(13)26/h9,11H,4-8,10H2,1-3H3,(H,19,28). The summed E-state index contributed by atoms with van der Waals surface area (Å²) in [5.41, 5.74) is 0.550. The number of carbonyl (C=O) groups excluding carboxylic acids is 2. The van der Waals surface area contributed by atoms with Crippen LogP contribution in [0.3, 0.4) is 0 Å². The fraction of sp³-hybridized carbons (Fsp3) is 0.500. The maximum atomic E-state index is 12.8. The Bertz CT molecular complexity index is 1020. The Morgan fingerprint density at radius 1 is 1.11 bits per heavy atom. The van der Waals surface area contributed by atoms with E-state index in [0.717, 1.165) is 10.3 Å². The first-order valence-corrected chi connectivity index (χ1v) is 9.13. The van der Waals surface area contributed by atoms with Crippen molar-refractivity contribution in [3.05, 3.63) is 50.1 Å². The van der Waals surface area contributed by atoms with Crippen molar-refractivity contribution in [2.45, 2.75) is 19.8 Å². The highest BCUT2D eigenvalue weighted by Crippen LogP contribution is 2.11. The lowest BCUT2D eigenvalue weighted by Gasteiger charge is -2.22. The van der Waals surface area contributed by atoms with Crippen LogP contribution >= 0.6 is 0 Å². The van der Waals surface area contributed by atoms with E-state index in [9.17, 15) is 19.2 Å². The molecule has 0 aromatic carbocycles. The first-order valence-electron chi connectivity index (χ1n) is 9.13. The Labute approximate surface area is 161 Å². The van der Waals surface area contributed by atoms with Gasteiger partial charge in [-0.3, -0.25) is 23.6 Å². The molecule has 1 saturated heterocycles. The van der Waals surface area contributed by atoms with Crippen molar-refractivity contribution in [3.63, 3.8) is 0 Å². The number of amides is 2. The van der Waals surface area contributed by atoms with Crippen LogP contribution in [-0.2, 0) is 25.3 Å². The van der Waals surface area contributed by atoms with Crippen molar-refractivity contribution in [2.24, 2.45) is 14.1 Å². The van der Waals surface area contributed by atoms with E-state index in [1.807, 2.05) is 6.92 Å². The van der Waals surface area contributed by atoms with Crippen LogP contribution in [0.25, 0.3) is 0 Å². The predicted molar refractivity (Wildman–Crippen MR) is 101 cm³/mol. The van der Waals surface area contributed by atoms with Gasteiger partial charge in [0.05, 0.1) is 12.1 Å². The molecule has 10 nitrogen and oxygen atoms in total. The van der Waals surface area contributed by atoms with Crippen molar-refractivity contribution in [3.8, 4) is 0 Å². The fourth-order valence-electron chi connectivity index (χ4n) is 3.36. The molecule has 3 rings (SSSR count). The number of hydrogen-bond donors (Lipinski definition) is 1. The number of aromatic nitrogens is 4.